The average Bonchev–Trinajstić information content (AvgIpc) is 2.89. The summed E-state index contributed by atoms with van der Waals surface area (Å²) in [6, 6.07) is 5.43. The lowest BCUT2D eigenvalue weighted by molar-refractivity contribution is -0.137. The van der Waals surface area contributed by atoms with E-state index in [2.05, 4.69) is 15.0 Å². The standard InChI is InChI=1S/C14H9ClF3N3S/c1-22-10-4-2-3-7-8(5-19-12(7)10)11-9(14(16,17)18)6-20-13(15)21-11/h2-6,19H,1H3. The van der Waals surface area contributed by atoms with Crippen molar-refractivity contribution in [1.82, 2.24) is 15.0 Å². The highest BCUT2D eigenvalue weighted by Crippen LogP contribution is 2.39. The van der Waals surface area contributed by atoms with E-state index in [1.54, 1.807) is 12.1 Å². The third-order valence-electron chi connectivity index (χ3n) is 3.22. The second-order valence-electron chi connectivity index (χ2n) is 4.48. The Balaban J connectivity index is 2.31. The van der Waals surface area contributed by atoms with Crippen molar-refractivity contribution in [1.29, 1.82) is 0 Å². The van der Waals surface area contributed by atoms with Gasteiger partial charge in [-0.05, 0) is 23.9 Å². The van der Waals surface area contributed by atoms with Crippen molar-refractivity contribution >= 4 is 34.3 Å². The van der Waals surface area contributed by atoms with E-state index >= 15 is 0 Å². The predicted molar refractivity (Wildman–Crippen MR) is 81.1 cm³/mol. The highest BCUT2D eigenvalue weighted by atomic mass is 35.5. The van der Waals surface area contributed by atoms with Crippen LogP contribution in [-0.2, 0) is 6.18 Å². The minimum Gasteiger partial charge on any atom is -0.360 e. The highest BCUT2D eigenvalue weighted by molar-refractivity contribution is 7.98. The van der Waals surface area contributed by atoms with E-state index in [-0.39, 0.29) is 11.0 Å². The molecular formula is C14H9ClF3N3S. The molecule has 0 aliphatic carbocycles. The Kier molecular flexibility index (Phi) is 3.78. The zero-order valence-corrected chi connectivity index (χ0v) is 12.8. The molecule has 0 radical (unpaired) electrons. The summed E-state index contributed by atoms with van der Waals surface area (Å²) in [5.41, 5.74) is -0.0141. The monoisotopic (exact) mass is 343 g/mol. The molecule has 0 aliphatic rings. The SMILES string of the molecule is CSc1cccc2c(-c3nc(Cl)ncc3C(F)(F)F)c[nH]c12. The quantitative estimate of drug-likeness (QED) is 0.524. The number of hydrogen-bond acceptors (Lipinski definition) is 3. The first-order valence-corrected chi connectivity index (χ1v) is 7.76. The molecule has 1 aromatic carbocycles. The maximum absolute atomic E-state index is 13.2. The van der Waals surface area contributed by atoms with Crippen molar-refractivity contribution in [3.05, 3.63) is 41.4 Å². The number of aromatic amines is 1. The fraction of sp³-hybridized carbons (Fsp3) is 0.143. The molecule has 114 valence electrons. The number of nitrogens with zero attached hydrogens (tertiary/aromatic N) is 2. The summed E-state index contributed by atoms with van der Waals surface area (Å²) in [4.78, 5) is 11.2. The smallest absolute Gasteiger partial charge is 0.360 e. The first-order valence-electron chi connectivity index (χ1n) is 6.16. The minimum atomic E-state index is -4.55. The van der Waals surface area contributed by atoms with Crippen molar-refractivity contribution in [3.8, 4) is 11.3 Å². The number of rotatable bonds is 2. The van der Waals surface area contributed by atoms with Crippen LogP contribution in [0.1, 0.15) is 5.56 Å². The zero-order chi connectivity index (χ0) is 15.9. The molecule has 1 N–H and O–H groups in total. The maximum atomic E-state index is 13.2. The number of nitrogens with one attached hydrogen (secondary N) is 1. The molecule has 0 amide bonds. The lowest BCUT2D eigenvalue weighted by Crippen LogP contribution is -2.09. The molecule has 3 rings (SSSR count). The number of halogens is 4. The number of benzene rings is 1. The van der Waals surface area contributed by atoms with E-state index in [0.29, 0.717) is 17.1 Å². The lowest BCUT2D eigenvalue weighted by atomic mass is 10.1. The van der Waals surface area contributed by atoms with Gasteiger partial charge in [-0.25, -0.2) is 9.97 Å². The number of aromatic nitrogens is 3. The molecule has 0 atom stereocenters. The summed E-state index contributed by atoms with van der Waals surface area (Å²) < 4.78 is 39.5. The number of fused-ring (bicyclic) bond motifs is 1. The summed E-state index contributed by atoms with van der Waals surface area (Å²) in [5, 5.41) is 0.436. The third kappa shape index (κ3) is 2.55. The van der Waals surface area contributed by atoms with Gasteiger partial charge in [-0.1, -0.05) is 12.1 Å². The highest BCUT2D eigenvalue weighted by Gasteiger charge is 2.36. The number of alkyl halides is 3. The second kappa shape index (κ2) is 5.48. The Morgan fingerprint density at radius 2 is 2.05 bits per heavy atom. The average molecular weight is 344 g/mol. The van der Waals surface area contributed by atoms with Crippen LogP contribution in [0.3, 0.4) is 0 Å². The predicted octanol–water partition coefficient (Wildman–Crippen LogP) is 5.02. The molecule has 3 aromatic rings. The number of H-pyrrole nitrogens is 1. The number of para-hydroxylation sites is 1. The van der Waals surface area contributed by atoms with Crippen LogP contribution in [0.2, 0.25) is 5.28 Å². The van der Waals surface area contributed by atoms with E-state index in [0.717, 1.165) is 10.4 Å². The van der Waals surface area contributed by atoms with Crippen molar-refractivity contribution in [2.75, 3.05) is 6.26 Å². The van der Waals surface area contributed by atoms with Crippen LogP contribution < -0.4 is 0 Å². The van der Waals surface area contributed by atoms with Crippen LogP contribution in [0.5, 0.6) is 0 Å². The first kappa shape index (κ1) is 15.2. The van der Waals surface area contributed by atoms with Crippen LogP contribution >= 0.6 is 23.4 Å². The summed E-state index contributed by atoms with van der Waals surface area (Å²) in [5.74, 6) is 0. The van der Waals surface area contributed by atoms with Gasteiger partial charge in [-0.3, -0.25) is 0 Å². The topological polar surface area (TPSA) is 41.6 Å². The van der Waals surface area contributed by atoms with Gasteiger partial charge in [0.05, 0.1) is 11.2 Å². The Labute approximate surface area is 132 Å². The van der Waals surface area contributed by atoms with Gasteiger partial charge in [0.25, 0.3) is 0 Å². The van der Waals surface area contributed by atoms with E-state index in [1.807, 2.05) is 12.3 Å². The molecule has 0 fully saturated rings. The number of thioether (sulfide) groups is 1. The lowest BCUT2D eigenvalue weighted by Gasteiger charge is -2.11. The zero-order valence-electron chi connectivity index (χ0n) is 11.2. The van der Waals surface area contributed by atoms with Crippen LogP contribution in [-0.4, -0.2) is 21.2 Å². The van der Waals surface area contributed by atoms with E-state index in [4.69, 9.17) is 11.6 Å². The molecule has 0 unspecified atom stereocenters. The summed E-state index contributed by atoms with van der Waals surface area (Å²) in [6.45, 7) is 0. The summed E-state index contributed by atoms with van der Waals surface area (Å²) in [7, 11) is 0. The second-order valence-corrected chi connectivity index (χ2v) is 5.67. The van der Waals surface area contributed by atoms with Crippen molar-refractivity contribution in [2.24, 2.45) is 0 Å². The summed E-state index contributed by atoms with van der Waals surface area (Å²) >= 11 is 7.20. The Morgan fingerprint density at radius 1 is 1.27 bits per heavy atom. The van der Waals surface area contributed by atoms with Crippen LogP contribution in [0.4, 0.5) is 13.2 Å². The van der Waals surface area contributed by atoms with Crippen LogP contribution in [0.25, 0.3) is 22.2 Å². The van der Waals surface area contributed by atoms with Gasteiger partial charge < -0.3 is 4.98 Å². The first-order chi connectivity index (χ1) is 10.4. The molecular weight excluding hydrogens is 335 g/mol. The third-order valence-corrected chi connectivity index (χ3v) is 4.18. The van der Waals surface area contributed by atoms with Gasteiger partial charge in [0.1, 0.15) is 5.56 Å². The van der Waals surface area contributed by atoms with Crippen molar-refractivity contribution in [2.45, 2.75) is 11.1 Å². The molecule has 0 saturated heterocycles. The molecule has 0 aliphatic heterocycles. The van der Waals surface area contributed by atoms with Gasteiger partial charge in [-0.2, -0.15) is 13.2 Å². The molecule has 0 bridgehead atoms. The van der Waals surface area contributed by atoms with E-state index in [9.17, 15) is 13.2 Å². The fourth-order valence-corrected chi connectivity index (χ4v) is 2.99. The minimum absolute atomic E-state index is 0.224. The molecule has 0 saturated carbocycles. The molecule has 22 heavy (non-hydrogen) atoms. The maximum Gasteiger partial charge on any atom is 0.419 e. The van der Waals surface area contributed by atoms with Crippen molar-refractivity contribution in [3.63, 3.8) is 0 Å². The van der Waals surface area contributed by atoms with E-state index < -0.39 is 11.7 Å². The van der Waals surface area contributed by atoms with Crippen LogP contribution in [0.15, 0.2) is 35.5 Å². The summed E-state index contributed by atoms with van der Waals surface area (Å²) in [6.07, 6.45) is -0.432. The Bertz CT molecular complexity index is 845. The van der Waals surface area contributed by atoms with Gasteiger partial charge in [-0.15, -0.1) is 11.8 Å². The normalized spacial score (nSPS) is 12.0. The van der Waals surface area contributed by atoms with Crippen molar-refractivity contribution < 1.29 is 13.2 Å². The van der Waals surface area contributed by atoms with Crippen LogP contribution in [0, 0.1) is 0 Å². The van der Waals surface area contributed by atoms with Gasteiger partial charge >= 0.3 is 6.18 Å². The van der Waals surface area contributed by atoms with Gasteiger partial charge in [0.2, 0.25) is 5.28 Å². The van der Waals surface area contributed by atoms with E-state index in [1.165, 1.54) is 18.0 Å². The number of hydrogen-bond donors (Lipinski definition) is 1. The van der Waals surface area contributed by atoms with Gasteiger partial charge in [0, 0.05) is 28.2 Å². The molecule has 2 heterocycles. The fourth-order valence-electron chi connectivity index (χ4n) is 2.27. The molecule has 3 nitrogen and oxygen atoms in total. The Morgan fingerprint density at radius 3 is 2.73 bits per heavy atom. The molecule has 8 heteroatoms. The molecule has 2 aromatic heterocycles. The Hall–Kier alpha value is -1.73. The largest absolute Gasteiger partial charge is 0.419 e. The molecule has 0 spiro atoms. The van der Waals surface area contributed by atoms with Gasteiger partial charge in [0.15, 0.2) is 0 Å².